The molecule has 2 amide bonds. The van der Waals surface area contributed by atoms with Gasteiger partial charge in [-0.1, -0.05) is 54.6 Å². The molecule has 3 aromatic carbocycles. The second-order valence-corrected chi connectivity index (χ2v) is 8.89. The predicted octanol–water partition coefficient (Wildman–Crippen LogP) is 3.62. The number of ether oxygens (including phenoxy) is 1. The van der Waals surface area contributed by atoms with Gasteiger partial charge in [0.05, 0.1) is 30.5 Å². The van der Waals surface area contributed by atoms with Crippen molar-refractivity contribution in [2.75, 3.05) is 28.6 Å². The van der Waals surface area contributed by atoms with Crippen molar-refractivity contribution in [3.8, 4) is 5.75 Å². The highest BCUT2D eigenvalue weighted by atomic mass is 32.2. The summed E-state index contributed by atoms with van der Waals surface area (Å²) in [5.41, 5.74) is 8.33. The van der Waals surface area contributed by atoms with Crippen LogP contribution in [0.5, 0.6) is 5.75 Å². The number of nitrogens with two attached hydrogens (primary N) is 1. The van der Waals surface area contributed by atoms with E-state index in [0.29, 0.717) is 5.75 Å². The Kier molecular flexibility index (Phi) is 5.49. The Bertz CT molecular complexity index is 1150. The fourth-order valence-corrected chi connectivity index (χ4v) is 5.43. The normalized spacial score (nSPS) is 19.5. The number of benzene rings is 3. The topological polar surface area (TPSA) is 75.9 Å². The number of anilines is 2. The molecule has 5 rings (SSSR count). The van der Waals surface area contributed by atoms with Gasteiger partial charge in [0.25, 0.3) is 5.91 Å². The van der Waals surface area contributed by atoms with Gasteiger partial charge in [-0.3, -0.25) is 9.59 Å². The maximum absolute atomic E-state index is 13.8. The fourth-order valence-electron chi connectivity index (χ4n) is 4.26. The lowest BCUT2D eigenvalue weighted by Gasteiger charge is -2.40. The number of amides is 2. The van der Waals surface area contributed by atoms with E-state index in [1.807, 2.05) is 64.4 Å². The molecule has 0 bridgehead atoms. The number of hydrogen-bond donors (Lipinski definition) is 1. The second kappa shape index (κ2) is 8.59. The molecule has 0 saturated carbocycles. The van der Waals surface area contributed by atoms with Crippen LogP contribution in [-0.4, -0.2) is 36.8 Å². The number of carbonyl (C=O) groups excluding carboxylic acids is 2. The molecular weight excluding hydrogens is 422 g/mol. The molecule has 162 valence electrons. The molecular formula is C25H23N3O3S. The highest BCUT2D eigenvalue weighted by Crippen LogP contribution is 2.43. The van der Waals surface area contributed by atoms with Crippen LogP contribution in [0.4, 0.5) is 11.4 Å². The Hall–Kier alpha value is -3.45. The van der Waals surface area contributed by atoms with Crippen molar-refractivity contribution in [2.45, 2.75) is 17.0 Å². The Morgan fingerprint density at radius 3 is 2.41 bits per heavy atom. The van der Waals surface area contributed by atoms with Crippen LogP contribution < -0.4 is 20.3 Å². The van der Waals surface area contributed by atoms with Crippen molar-refractivity contribution < 1.29 is 14.3 Å². The van der Waals surface area contributed by atoms with E-state index in [0.717, 1.165) is 27.6 Å². The first kappa shape index (κ1) is 20.5. The van der Waals surface area contributed by atoms with Crippen LogP contribution in [0.1, 0.15) is 11.6 Å². The third kappa shape index (κ3) is 3.80. The zero-order valence-corrected chi connectivity index (χ0v) is 18.2. The van der Waals surface area contributed by atoms with E-state index < -0.39 is 12.0 Å². The van der Waals surface area contributed by atoms with Crippen LogP contribution in [0, 0.1) is 0 Å². The van der Waals surface area contributed by atoms with E-state index in [-0.39, 0.29) is 25.0 Å². The molecule has 0 radical (unpaired) electrons. The molecule has 2 atom stereocenters. The first-order chi connectivity index (χ1) is 15.6. The van der Waals surface area contributed by atoms with Gasteiger partial charge in [-0.2, -0.15) is 0 Å². The van der Waals surface area contributed by atoms with Gasteiger partial charge in [0.2, 0.25) is 5.91 Å². The summed E-state index contributed by atoms with van der Waals surface area (Å²) in [6, 6.07) is 25.4. The van der Waals surface area contributed by atoms with Gasteiger partial charge in [0, 0.05) is 10.6 Å². The van der Waals surface area contributed by atoms with E-state index in [1.54, 1.807) is 17.8 Å². The van der Waals surface area contributed by atoms with Gasteiger partial charge >= 0.3 is 0 Å². The van der Waals surface area contributed by atoms with Crippen molar-refractivity contribution >= 4 is 35.0 Å². The molecule has 0 fully saturated rings. The number of para-hydroxylation sites is 3. The minimum absolute atomic E-state index is 0.0356. The van der Waals surface area contributed by atoms with Crippen molar-refractivity contribution in [1.29, 1.82) is 0 Å². The average molecular weight is 446 g/mol. The first-order valence-electron chi connectivity index (χ1n) is 10.5. The number of fused-ring (bicyclic) bond motifs is 2. The zero-order valence-electron chi connectivity index (χ0n) is 17.4. The van der Waals surface area contributed by atoms with Gasteiger partial charge in [0.1, 0.15) is 5.75 Å². The standard InChI is InChI=1S/C25H23N3O3S/c26-25(30)22-14-27(18-10-4-6-12-21(18)31-22)15-24(29)28-19-11-5-7-13-23(19)32-16-20(28)17-8-2-1-3-9-17/h1-13,20,22H,14-16H2,(H2,26,30). The van der Waals surface area contributed by atoms with Gasteiger partial charge < -0.3 is 20.3 Å². The minimum atomic E-state index is -0.799. The van der Waals surface area contributed by atoms with E-state index >= 15 is 0 Å². The number of carbonyl (C=O) groups is 2. The summed E-state index contributed by atoms with van der Waals surface area (Å²) in [6.45, 7) is 0.352. The number of primary amides is 1. The Morgan fingerprint density at radius 1 is 0.938 bits per heavy atom. The quantitative estimate of drug-likeness (QED) is 0.664. The summed E-state index contributed by atoms with van der Waals surface area (Å²) in [6.07, 6.45) is -0.799. The van der Waals surface area contributed by atoms with Gasteiger partial charge in [-0.05, 0) is 29.8 Å². The van der Waals surface area contributed by atoms with Gasteiger partial charge in [-0.25, -0.2) is 0 Å². The zero-order chi connectivity index (χ0) is 22.1. The molecule has 2 aliphatic heterocycles. The third-order valence-electron chi connectivity index (χ3n) is 5.79. The molecule has 2 aliphatic rings. The summed E-state index contributed by atoms with van der Waals surface area (Å²) in [5, 5.41) is 0. The molecule has 2 unspecified atom stereocenters. The van der Waals surface area contributed by atoms with E-state index in [2.05, 4.69) is 18.2 Å². The summed E-state index contributed by atoms with van der Waals surface area (Å²) >= 11 is 1.76. The lowest BCUT2D eigenvalue weighted by molar-refractivity contribution is -0.125. The summed E-state index contributed by atoms with van der Waals surface area (Å²) < 4.78 is 5.75. The second-order valence-electron chi connectivity index (χ2n) is 7.83. The molecule has 0 saturated heterocycles. The van der Waals surface area contributed by atoms with Crippen molar-refractivity contribution in [2.24, 2.45) is 5.73 Å². The fraction of sp³-hybridized carbons (Fsp3) is 0.200. The lowest BCUT2D eigenvalue weighted by Crippen LogP contribution is -2.51. The molecule has 32 heavy (non-hydrogen) atoms. The number of rotatable bonds is 4. The molecule has 2 N–H and O–H groups in total. The Labute approximate surface area is 191 Å². The van der Waals surface area contributed by atoms with Crippen LogP contribution in [-0.2, 0) is 9.59 Å². The lowest BCUT2D eigenvalue weighted by atomic mass is 10.0. The van der Waals surface area contributed by atoms with Crippen LogP contribution in [0.25, 0.3) is 0 Å². The summed E-state index contributed by atoms with van der Waals surface area (Å²) in [7, 11) is 0. The van der Waals surface area contributed by atoms with Crippen LogP contribution >= 0.6 is 11.8 Å². The minimum Gasteiger partial charge on any atom is -0.477 e. The summed E-state index contributed by atoms with van der Waals surface area (Å²) in [4.78, 5) is 30.6. The molecule has 0 aliphatic carbocycles. The predicted molar refractivity (Wildman–Crippen MR) is 126 cm³/mol. The molecule has 0 aromatic heterocycles. The number of hydrogen-bond acceptors (Lipinski definition) is 5. The molecule has 7 heteroatoms. The third-order valence-corrected chi connectivity index (χ3v) is 6.93. The molecule has 3 aromatic rings. The van der Waals surface area contributed by atoms with E-state index in [4.69, 9.17) is 10.5 Å². The maximum Gasteiger partial charge on any atom is 0.260 e. The first-order valence-corrected chi connectivity index (χ1v) is 11.5. The van der Waals surface area contributed by atoms with E-state index in [9.17, 15) is 9.59 Å². The highest BCUT2D eigenvalue weighted by molar-refractivity contribution is 7.99. The highest BCUT2D eigenvalue weighted by Gasteiger charge is 2.36. The molecule has 0 spiro atoms. The summed E-state index contributed by atoms with van der Waals surface area (Å²) in [5.74, 6) is 0.756. The van der Waals surface area contributed by atoms with E-state index in [1.165, 1.54) is 0 Å². The van der Waals surface area contributed by atoms with Crippen molar-refractivity contribution in [1.82, 2.24) is 0 Å². The van der Waals surface area contributed by atoms with Crippen LogP contribution in [0.3, 0.4) is 0 Å². The van der Waals surface area contributed by atoms with Crippen molar-refractivity contribution in [3.05, 3.63) is 84.4 Å². The largest absolute Gasteiger partial charge is 0.477 e. The van der Waals surface area contributed by atoms with Crippen molar-refractivity contribution in [3.63, 3.8) is 0 Å². The molecule has 6 nitrogen and oxygen atoms in total. The Morgan fingerprint density at radius 2 is 1.62 bits per heavy atom. The number of thioether (sulfide) groups is 1. The van der Waals surface area contributed by atoms with Gasteiger partial charge in [0.15, 0.2) is 6.10 Å². The number of nitrogens with zero attached hydrogens (tertiary/aromatic N) is 2. The smallest absolute Gasteiger partial charge is 0.260 e. The monoisotopic (exact) mass is 445 g/mol. The molecule has 2 heterocycles. The average Bonchev–Trinajstić information content (AvgIpc) is 2.83. The van der Waals surface area contributed by atoms with Crippen LogP contribution in [0.15, 0.2) is 83.8 Å². The maximum atomic E-state index is 13.8. The van der Waals surface area contributed by atoms with Gasteiger partial charge in [-0.15, -0.1) is 11.8 Å². The SMILES string of the molecule is NC(=O)C1CN(CC(=O)N2c3ccccc3SCC2c2ccccc2)c2ccccc2O1. The Balaban J connectivity index is 1.49. The van der Waals surface area contributed by atoms with Crippen LogP contribution in [0.2, 0.25) is 0 Å².